The van der Waals surface area contributed by atoms with E-state index in [2.05, 4.69) is 26.3 Å². The summed E-state index contributed by atoms with van der Waals surface area (Å²) in [5.74, 6) is -0.252. The lowest BCUT2D eigenvalue weighted by Crippen LogP contribution is -2.05. The molecule has 2 aromatic rings. The van der Waals surface area contributed by atoms with Crippen molar-refractivity contribution in [2.24, 2.45) is 7.05 Å². The first-order valence-corrected chi connectivity index (χ1v) is 5.62. The SMILES string of the molecule is Cn1nccc1CNc1ccc(F)cc1Br. The van der Waals surface area contributed by atoms with Crippen LogP contribution in [-0.2, 0) is 13.6 Å². The van der Waals surface area contributed by atoms with E-state index >= 15 is 0 Å². The van der Waals surface area contributed by atoms with Crippen LogP contribution in [0.5, 0.6) is 0 Å². The van der Waals surface area contributed by atoms with Crippen LogP contribution in [0.1, 0.15) is 5.69 Å². The minimum atomic E-state index is -0.252. The summed E-state index contributed by atoms with van der Waals surface area (Å²) in [6.45, 7) is 0.654. The van der Waals surface area contributed by atoms with Gasteiger partial charge in [0.15, 0.2) is 0 Å². The van der Waals surface area contributed by atoms with Gasteiger partial charge in [0, 0.05) is 23.4 Å². The van der Waals surface area contributed by atoms with E-state index in [-0.39, 0.29) is 5.82 Å². The van der Waals surface area contributed by atoms with E-state index in [4.69, 9.17) is 0 Å². The molecule has 0 amide bonds. The van der Waals surface area contributed by atoms with E-state index in [0.717, 1.165) is 15.9 Å². The monoisotopic (exact) mass is 283 g/mol. The molecular formula is C11H11BrFN3. The highest BCUT2D eigenvalue weighted by molar-refractivity contribution is 9.10. The zero-order chi connectivity index (χ0) is 11.5. The molecule has 0 fully saturated rings. The number of aromatic nitrogens is 2. The summed E-state index contributed by atoms with van der Waals surface area (Å²) in [5, 5.41) is 7.28. The predicted molar refractivity (Wildman–Crippen MR) is 64.6 cm³/mol. The highest BCUT2D eigenvalue weighted by Crippen LogP contribution is 2.23. The van der Waals surface area contributed by atoms with Crippen molar-refractivity contribution in [3.63, 3.8) is 0 Å². The lowest BCUT2D eigenvalue weighted by atomic mass is 10.3. The van der Waals surface area contributed by atoms with E-state index in [1.807, 2.05) is 13.1 Å². The number of anilines is 1. The molecular weight excluding hydrogens is 273 g/mol. The number of rotatable bonds is 3. The molecule has 0 spiro atoms. The van der Waals surface area contributed by atoms with E-state index in [0.29, 0.717) is 6.54 Å². The molecule has 3 nitrogen and oxygen atoms in total. The molecule has 0 aliphatic carbocycles. The molecule has 84 valence electrons. The molecule has 2 rings (SSSR count). The maximum Gasteiger partial charge on any atom is 0.124 e. The van der Waals surface area contributed by atoms with Gasteiger partial charge in [0.25, 0.3) is 0 Å². The molecule has 0 saturated heterocycles. The fourth-order valence-corrected chi connectivity index (χ4v) is 1.88. The van der Waals surface area contributed by atoms with Gasteiger partial charge in [-0.05, 0) is 40.2 Å². The zero-order valence-electron chi connectivity index (χ0n) is 8.74. The Balaban J connectivity index is 2.08. The second-order valence-electron chi connectivity index (χ2n) is 3.42. The van der Waals surface area contributed by atoms with Crippen molar-refractivity contribution in [1.82, 2.24) is 9.78 Å². The van der Waals surface area contributed by atoms with Crippen LogP contribution in [0.3, 0.4) is 0 Å². The molecule has 1 aromatic carbocycles. The van der Waals surface area contributed by atoms with Gasteiger partial charge in [0.2, 0.25) is 0 Å². The second kappa shape index (κ2) is 4.65. The second-order valence-corrected chi connectivity index (χ2v) is 4.28. The van der Waals surface area contributed by atoms with Gasteiger partial charge in [-0.3, -0.25) is 4.68 Å². The van der Waals surface area contributed by atoms with Crippen molar-refractivity contribution < 1.29 is 4.39 Å². The summed E-state index contributed by atoms with van der Waals surface area (Å²) >= 11 is 3.30. The smallest absolute Gasteiger partial charge is 0.124 e. The fraction of sp³-hybridized carbons (Fsp3) is 0.182. The third-order valence-electron chi connectivity index (χ3n) is 2.31. The number of hydrogen-bond acceptors (Lipinski definition) is 2. The van der Waals surface area contributed by atoms with E-state index < -0.39 is 0 Å². The Bertz CT molecular complexity index is 496. The maximum absolute atomic E-state index is 12.9. The molecule has 16 heavy (non-hydrogen) atoms. The Morgan fingerprint density at radius 1 is 1.44 bits per heavy atom. The largest absolute Gasteiger partial charge is 0.378 e. The molecule has 0 bridgehead atoms. The molecule has 5 heteroatoms. The van der Waals surface area contributed by atoms with E-state index in [9.17, 15) is 4.39 Å². The number of nitrogens with one attached hydrogen (secondary N) is 1. The summed E-state index contributed by atoms with van der Waals surface area (Å²) in [5.41, 5.74) is 1.93. The number of nitrogens with zero attached hydrogens (tertiary/aromatic N) is 2. The Hall–Kier alpha value is -1.36. The molecule has 0 aliphatic rings. The Labute approximate surface area is 101 Å². The van der Waals surface area contributed by atoms with Crippen LogP contribution in [0.25, 0.3) is 0 Å². The number of aryl methyl sites for hydroxylation is 1. The number of benzene rings is 1. The highest BCUT2D eigenvalue weighted by Gasteiger charge is 2.02. The summed E-state index contributed by atoms with van der Waals surface area (Å²) < 4.78 is 15.4. The van der Waals surface area contributed by atoms with E-state index in [1.54, 1.807) is 16.9 Å². The highest BCUT2D eigenvalue weighted by atomic mass is 79.9. The third kappa shape index (κ3) is 2.41. The van der Waals surface area contributed by atoms with Gasteiger partial charge in [-0.1, -0.05) is 0 Å². The van der Waals surface area contributed by atoms with E-state index in [1.165, 1.54) is 12.1 Å². The van der Waals surface area contributed by atoms with Gasteiger partial charge in [-0.25, -0.2) is 4.39 Å². The summed E-state index contributed by atoms with van der Waals surface area (Å²) in [6, 6.07) is 6.50. The maximum atomic E-state index is 12.9. The van der Waals surface area contributed by atoms with Crippen LogP contribution >= 0.6 is 15.9 Å². The Kier molecular flexibility index (Phi) is 3.24. The van der Waals surface area contributed by atoms with Crippen molar-refractivity contribution in [3.05, 3.63) is 46.4 Å². The summed E-state index contributed by atoms with van der Waals surface area (Å²) in [4.78, 5) is 0. The Morgan fingerprint density at radius 3 is 2.88 bits per heavy atom. The first kappa shape index (κ1) is 11.1. The van der Waals surface area contributed by atoms with Crippen LogP contribution in [0.4, 0.5) is 10.1 Å². The minimum absolute atomic E-state index is 0.252. The average molecular weight is 284 g/mol. The molecule has 0 unspecified atom stereocenters. The van der Waals surface area contributed by atoms with Gasteiger partial charge >= 0.3 is 0 Å². The van der Waals surface area contributed by atoms with Crippen LogP contribution < -0.4 is 5.32 Å². The first-order chi connectivity index (χ1) is 7.66. The average Bonchev–Trinajstić information content (AvgIpc) is 2.63. The van der Waals surface area contributed by atoms with Crippen LogP contribution in [0.15, 0.2) is 34.9 Å². The minimum Gasteiger partial charge on any atom is -0.378 e. The first-order valence-electron chi connectivity index (χ1n) is 4.82. The fourth-order valence-electron chi connectivity index (χ4n) is 1.39. The number of hydrogen-bond donors (Lipinski definition) is 1. The molecule has 1 aromatic heterocycles. The molecule has 0 saturated carbocycles. The van der Waals surface area contributed by atoms with Crippen LogP contribution in [0, 0.1) is 5.82 Å². The molecule has 0 radical (unpaired) electrons. The lowest BCUT2D eigenvalue weighted by molar-refractivity contribution is 0.627. The standard InChI is InChI=1S/C11H11BrFN3/c1-16-9(4-5-15-16)7-14-11-3-2-8(13)6-10(11)12/h2-6,14H,7H2,1H3. The Morgan fingerprint density at radius 2 is 2.25 bits per heavy atom. The third-order valence-corrected chi connectivity index (χ3v) is 2.97. The lowest BCUT2D eigenvalue weighted by Gasteiger charge is -2.08. The van der Waals surface area contributed by atoms with Crippen molar-refractivity contribution in [1.29, 1.82) is 0 Å². The van der Waals surface area contributed by atoms with Crippen molar-refractivity contribution in [2.75, 3.05) is 5.32 Å². The predicted octanol–water partition coefficient (Wildman–Crippen LogP) is 2.93. The van der Waals surface area contributed by atoms with Gasteiger partial charge in [0.1, 0.15) is 5.82 Å². The van der Waals surface area contributed by atoms with Crippen LogP contribution in [-0.4, -0.2) is 9.78 Å². The molecule has 1 heterocycles. The quantitative estimate of drug-likeness (QED) is 0.939. The molecule has 0 atom stereocenters. The van der Waals surface area contributed by atoms with Crippen molar-refractivity contribution in [2.45, 2.75) is 6.54 Å². The van der Waals surface area contributed by atoms with Gasteiger partial charge < -0.3 is 5.32 Å². The molecule has 1 N–H and O–H groups in total. The topological polar surface area (TPSA) is 29.9 Å². The normalized spacial score (nSPS) is 10.4. The summed E-state index contributed by atoms with van der Waals surface area (Å²) in [7, 11) is 1.89. The van der Waals surface area contributed by atoms with Gasteiger partial charge in [0.05, 0.1) is 12.2 Å². The van der Waals surface area contributed by atoms with Gasteiger partial charge in [-0.15, -0.1) is 0 Å². The summed E-state index contributed by atoms with van der Waals surface area (Å²) in [6.07, 6.45) is 1.75. The van der Waals surface area contributed by atoms with Crippen LogP contribution in [0.2, 0.25) is 0 Å². The zero-order valence-corrected chi connectivity index (χ0v) is 10.3. The van der Waals surface area contributed by atoms with Gasteiger partial charge in [-0.2, -0.15) is 5.10 Å². The number of halogens is 2. The van der Waals surface area contributed by atoms with Crippen molar-refractivity contribution in [3.8, 4) is 0 Å². The molecule has 0 aliphatic heterocycles. The van der Waals surface area contributed by atoms with Crippen molar-refractivity contribution >= 4 is 21.6 Å².